The molecule has 3 heterocycles. The van der Waals surface area contributed by atoms with Gasteiger partial charge in [0.1, 0.15) is 19.0 Å². The maximum Gasteiger partial charge on any atom is 0.250 e. The summed E-state index contributed by atoms with van der Waals surface area (Å²) in [5.74, 6) is 3.92. The summed E-state index contributed by atoms with van der Waals surface area (Å²) in [5.41, 5.74) is 4.94. The zero-order valence-corrected chi connectivity index (χ0v) is 25.7. The molecule has 0 unspecified atom stereocenters. The Morgan fingerprint density at radius 1 is 0.905 bits per heavy atom. The zero-order valence-electron chi connectivity index (χ0n) is 24.1. The molecule has 0 saturated carbocycles. The van der Waals surface area contributed by atoms with Gasteiger partial charge in [-0.25, -0.2) is 5.43 Å². The van der Waals surface area contributed by atoms with E-state index in [0.29, 0.717) is 49.2 Å². The van der Waals surface area contributed by atoms with E-state index in [-0.39, 0.29) is 0 Å². The van der Waals surface area contributed by atoms with Crippen LogP contribution in [0.2, 0.25) is 0 Å². The lowest BCUT2D eigenvalue weighted by molar-refractivity contribution is 0.206. The largest absolute Gasteiger partial charge is 0.490 e. The fourth-order valence-electron chi connectivity index (χ4n) is 5.02. The highest BCUT2D eigenvalue weighted by molar-refractivity contribution is 9.10. The number of halogens is 1. The second-order valence-electron chi connectivity index (χ2n) is 10.1. The molecule has 10 nitrogen and oxygen atoms in total. The molecule has 11 heteroatoms. The topological polar surface area (TPSA) is 97.2 Å². The maximum absolute atomic E-state index is 6.08. The molecular weight excluding hydrogens is 598 g/mol. The van der Waals surface area contributed by atoms with Crippen LogP contribution in [0.5, 0.6) is 17.2 Å². The number of para-hydroxylation sites is 1. The number of nitrogens with one attached hydrogen (secondary N) is 1. The van der Waals surface area contributed by atoms with Gasteiger partial charge in [-0.2, -0.15) is 20.1 Å². The summed E-state index contributed by atoms with van der Waals surface area (Å²) < 4.78 is 18.7. The molecule has 0 amide bonds. The van der Waals surface area contributed by atoms with Crippen molar-refractivity contribution in [3.8, 4) is 17.2 Å². The molecule has 0 bridgehead atoms. The SMILES string of the molecule is C=CCc1ccccc1OCCOc1c(Br)cc(/C=N\Nc2nc(N3CCCC3)nc(N3CCCC3)n2)cc1OCC. The van der Waals surface area contributed by atoms with Crippen LogP contribution < -0.4 is 29.4 Å². The van der Waals surface area contributed by atoms with Gasteiger partial charge in [-0.1, -0.05) is 24.3 Å². The van der Waals surface area contributed by atoms with Gasteiger partial charge in [-0.05, 0) is 84.3 Å². The molecule has 5 rings (SSSR count). The quantitative estimate of drug-likeness (QED) is 0.101. The number of hydrogen-bond acceptors (Lipinski definition) is 10. The highest BCUT2D eigenvalue weighted by Crippen LogP contribution is 2.36. The normalized spacial score (nSPS) is 14.9. The molecular formula is C31H38BrN7O3. The predicted molar refractivity (Wildman–Crippen MR) is 171 cm³/mol. The van der Waals surface area contributed by atoms with Crippen LogP contribution in [-0.4, -0.2) is 67.2 Å². The molecule has 2 fully saturated rings. The molecule has 2 saturated heterocycles. The van der Waals surface area contributed by atoms with Gasteiger partial charge in [0.2, 0.25) is 17.8 Å². The molecule has 0 aliphatic carbocycles. The van der Waals surface area contributed by atoms with Crippen LogP contribution in [0.1, 0.15) is 43.7 Å². The van der Waals surface area contributed by atoms with Crippen molar-refractivity contribution >= 4 is 40.0 Å². The van der Waals surface area contributed by atoms with Crippen LogP contribution in [-0.2, 0) is 6.42 Å². The third kappa shape index (κ3) is 7.70. The third-order valence-electron chi connectivity index (χ3n) is 7.02. The van der Waals surface area contributed by atoms with E-state index in [2.05, 4.69) is 52.8 Å². The minimum atomic E-state index is 0.355. The smallest absolute Gasteiger partial charge is 0.250 e. The Labute approximate surface area is 255 Å². The Bertz CT molecular complexity index is 1340. The Morgan fingerprint density at radius 2 is 1.57 bits per heavy atom. The van der Waals surface area contributed by atoms with Gasteiger partial charge in [-0.3, -0.25) is 0 Å². The van der Waals surface area contributed by atoms with Gasteiger partial charge in [0.25, 0.3) is 0 Å². The van der Waals surface area contributed by atoms with Crippen molar-refractivity contribution in [2.24, 2.45) is 5.10 Å². The van der Waals surface area contributed by atoms with Crippen LogP contribution in [0, 0.1) is 0 Å². The Hall–Kier alpha value is -3.86. The van der Waals surface area contributed by atoms with Gasteiger partial charge in [-0.15, -0.1) is 6.58 Å². The van der Waals surface area contributed by atoms with E-state index in [1.165, 1.54) is 0 Å². The molecule has 0 radical (unpaired) electrons. The van der Waals surface area contributed by atoms with Crippen molar-refractivity contribution in [2.75, 3.05) is 61.2 Å². The first-order valence-electron chi connectivity index (χ1n) is 14.6. The van der Waals surface area contributed by atoms with Crippen molar-refractivity contribution in [1.82, 2.24) is 15.0 Å². The Balaban J connectivity index is 1.25. The van der Waals surface area contributed by atoms with Crippen molar-refractivity contribution in [3.63, 3.8) is 0 Å². The van der Waals surface area contributed by atoms with Crippen LogP contribution in [0.3, 0.4) is 0 Å². The monoisotopic (exact) mass is 635 g/mol. The first-order valence-corrected chi connectivity index (χ1v) is 15.4. The molecule has 0 spiro atoms. The van der Waals surface area contributed by atoms with Gasteiger partial charge in [0.15, 0.2) is 11.5 Å². The van der Waals surface area contributed by atoms with E-state index in [0.717, 1.165) is 79.6 Å². The number of aromatic nitrogens is 3. The summed E-state index contributed by atoms with van der Waals surface area (Å²) in [6.45, 7) is 10.9. The van der Waals surface area contributed by atoms with Crippen molar-refractivity contribution in [2.45, 2.75) is 39.0 Å². The van der Waals surface area contributed by atoms with Crippen molar-refractivity contribution in [1.29, 1.82) is 0 Å². The maximum atomic E-state index is 6.08. The number of hydrogen-bond donors (Lipinski definition) is 1. The highest BCUT2D eigenvalue weighted by Gasteiger charge is 2.21. The standard InChI is InChI=1S/C31H38BrN7O3/c1-3-11-24-12-5-6-13-26(24)41-18-19-42-28-25(32)20-23(21-27(28)40-4-2)22-33-37-29-34-30(38-14-7-8-15-38)36-31(35-29)39-16-9-10-17-39/h3,5-6,12-13,20-22H,1,4,7-11,14-19H2,2H3,(H,34,35,36,37)/b33-22-. The molecule has 1 N–H and O–H groups in total. The second-order valence-corrected chi connectivity index (χ2v) is 10.9. The van der Waals surface area contributed by atoms with E-state index >= 15 is 0 Å². The fourth-order valence-corrected chi connectivity index (χ4v) is 5.59. The molecule has 222 valence electrons. The highest BCUT2D eigenvalue weighted by atomic mass is 79.9. The lowest BCUT2D eigenvalue weighted by Crippen LogP contribution is -2.25. The Kier molecular flexibility index (Phi) is 10.5. The first-order chi connectivity index (χ1) is 20.6. The van der Waals surface area contributed by atoms with Crippen LogP contribution in [0.15, 0.2) is 58.6 Å². The predicted octanol–water partition coefficient (Wildman–Crippen LogP) is 5.87. The van der Waals surface area contributed by atoms with Crippen LogP contribution in [0.4, 0.5) is 17.8 Å². The molecule has 1 aromatic heterocycles. The van der Waals surface area contributed by atoms with E-state index in [1.807, 2.05) is 49.4 Å². The van der Waals surface area contributed by atoms with Crippen molar-refractivity contribution < 1.29 is 14.2 Å². The molecule has 3 aromatic rings. The summed E-state index contributed by atoms with van der Waals surface area (Å²) in [7, 11) is 0. The van der Waals surface area contributed by atoms with Gasteiger partial charge in [0, 0.05) is 26.2 Å². The molecule has 42 heavy (non-hydrogen) atoms. The average molecular weight is 637 g/mol. The molecule has 0 atom stereocenters. The minimum absolute atomic E-state index is 0.355. The number of anilines is 3. The molecule has 2 aliphatic rings. The lowest BCUT2D eigenvalue weighted by atomic mass is 10.1. The van der Waals surface area contributed by atoms with Gasteiger partial charge >= 0.3 is 0 Å². The number of ether oxygens (including phenoxy) is 3. The lowest BCUT2D eigenvalue weighted by Gasteiger charge is -2.20. The van der Waals surface area contributed by atoms with Gasteiger partial charge < -0.3 is 24.0 Å². The zero-order chi connectivity index (χ0) is 29.1. The number of benzene rings is 2. The summed E-state index contributed by atoms with van der Waals surface area (Å²) in [4.78, 5) is 18.5. The first kappa shape index (κ1) is 29.6. The molecule has 2 aliphatic heterocycles. The van der Waals surface area contributed by atoms with Crippen LogP contribution in [0.25, 0.3) is 0 Å². The summed E-state index contributed by atoms with van der Waals surface area (Å²) >= 11 is 3.65. The van der Waals surface area contributed by atoms with E-state index in [1.54, 1.807) is 6.21 Å². The average Bonchev–Trinajstić information content (AvgIpc) is 3.73. The number of hydrazone groups is 1. The fraction of sp³-hybridized carbons (Fsp3) is 0.419. The third-order valence-corrected chi connectivity index (χ3v) is 7.61. The minimum Gasteiger partial charge on any atom is -0.490 e. The van der Waals surface area contributed by atoms with E-state index < -0.39 is 0 Å². The van der Waals surface area contributed by atoms with Crippen LogP contribution >= 0.6 is 15.9 Å². The summed E-state index contributed by atoms with van der Waals surface area (Å²) in [6, 6.07) is 11.8. The molecule has 2 aromatic carbocycles. The van der Waals surface area contributed by atoms with Crippen molar-refractivity contribution in [3.05, 3.63) is 64.7 Å². The van der Waals surface area contributed by atoms with E-state index in [9.17, 15) is 0 Å². The second kappa shape index (κ2) is 14.9. The summed E-state index contributed by atoms with van der Waals surface area (Å²) in [6.07, 6.45) is 8.94. The summed E-state index contributed by atoms with van der Waals surface area (Å²) in [5, 5.41) is 4.44. The van der Waals surface area contributed by atoms with Gasteiger partial charge in [0.05, 0.1) is 17.3 Å². The number of nitrogens with zero attached hydrogens (tertiary/aromatic N) is 6. The number of rotatable bonds is 14. The van der Waals surface area contributed by atoms with E-state index in [4.69, 9.17) is 19.2 Å². The Morgan fingerprint density at radius 3 is 2.24 bits per heavy atom. The number of allylic oxidation sites excluding steroid dienone is 1.